The van der Waals surface area contributed by atoms with E-state index in [1.165, 1.54) is 5.01 Å². The van der Waals surface area contributed by atoms with E-state index < -0.39 is 41.1 Å². The summed E-state index contributed by atoms with van der Waals surface area (Å²) in [7, 11) is 0. The Bertz CT molecular complexity index is 1920. The predicted molar refractivity (Wildman–Crippen MR) is 197 cm³/mol. The van der Waals surface area contributed by atoms with Crippen molar-refractivity contribution in [3.63, 3.8) is 0 Å². The number of aliphatic hydroxyl groups is 1. The van der Waals surface area contributed by atoms with Gasteiger partial charge in [0.05, 0.1) is 24.0 Å². The number of carboxylic acids is 1. The van der Waals surface area contributed by atoms with E-state index >= 15 is 0 Å². The second-order valence-corrected chi connectivity index (χ2v) is 15.6. The Morgan fingerprint density at radius 1 is 1.13 bits per heavy atom. The van der Waals surface area contributed by atoms with Gasteiger partial charge in [0.25, 0.3) is 5.91 Å². The molecule has 280 valence electrons. The van der Waals surface area contributed by atoms with E-state index in [0.717, 1.165) is 45.5 Å². The van der Waals surface area contributed by atoms with Crippen molar-refractivity contribution < 1.29 is 33.8 Å². The van der Waals surface area contributed by atoms with Gasteiger partial charge in [-0.2, -0.15) is 0 Å². The van der Waals surface area contributed by atoms with Crippen LogP contribution < -0.4 is 10.7 Å². The quantitative estimate of drug-likeness (QED) is 0.135. The van der Waals surface area contributed by atoms with Crippen molar-refractivity contribution in [1.29, 1.82) is 0 Å². The molecule has 0 radical (unpaired) electrons. The van der Waals surface area contributed by atoms with E-state index in [0.29, 0.717) is 25.0 Å². The first-order chi connectivity index (χ1) is 24.5. The molecule has 1 aromatic carbocycles. The highest BCUT2D eigenvalue weighted by molar-refractivity contribution is 5.95. The molecule has 0 bridgehead atoms. The molecule has 2 atom stereocenters. The summed E-state index contributed by atoms with van der Waals surface area (Å²) in [5.74, 6) is -0.704. The van der Waals surface area contributed by atoms with Crippen LogP contribution in [-0.2, 0) is 33.7 Å². The van der Waals surface area contributed by atoms with Gasteiger partial charge in [-0.25, -0.2) is 15.2 Å². The molecule has 1 fully saturated rings. The minimum absolute atomic E-state index is 0.0155. The van der Waals surface area contributed by atoms with E-state index in [2.05, 4.69) is 73.1 Å². The zero-order chi connectivity index (χ0) is 38.0. The Labute approximate surface area is 304 Å². The SMILES string of the molecule is CCn1c(-c2cccnc2C(C)C)c(CC(C)(C)CO)c2cc(-c3cnc(C[C@H](NC(=O)OC(C)(C)C)C(=O)N4CCC[C@@H](C(=O)O)N4)o3)ccc21. The Balaban J connectivity index is 1.53. The summed E-state index contributed by atoms with van der Waals surface area (Å²) in [5.41, 5.74) is 7.64. The van der Waals surface area contributed by atoms with Crippen molar-refractivity contribution in [3.8, 4) is 22.6 Å². The van der Waals surface area contributed by atoms with E-state index in [1.807, 2.05) is 18.3 Å². The number of rotatable bonds is 12. The number of aryl methyl sites for hydroxylation is 1. The predicted octanol–water partition coefficient (Wildman–Crippen LogP) is 6.08. The van der Waals surface area contributed by atoms with Gasteiger partial charge < -0.3 is 29.3 Å². The maximum Gasteiger partial charge on any atom is 0.408 e. The number of hydrazine groups is 1. The molecule has 0 spiro atoms. The number of aromatic nitrogens is 3. The van der Waals surface area contributed by atoms with Gasteiger partial charge in [-0.15, -0.1) is 0 Å². The second kappa shape index (κ2) is 15.5. The minimum atomic E-state index is -1.15. The Morgan fingerprint density at radius 2 is 1.88 bits per heavy atom. The summed E-state index contributed by atoms with van der Waals surface area (Å²) in [6.07, 6.45) is 4.01. The topological polar surface area (TPSA) is 172 Å². The van der Waals surface area contributed by atoms with Crippen LogP contribution in [0.1, 0.15) is 91.3 Å². The standard InChI is InChI=1S/C39H52N6O7/c1-9-44-30-15-14-24(18-26(30)27(20-39(7,8)22-46)34(44)25-12-10-16-40-33(25)23(2)3)31-21-41-32(51-31)19-29(42-37(50)52-38(4,5)6)35(47)45-17-11-13-28(43-45)36(48)49/h10,12,14-16,18,21,23,28-29,43,46H,9,11,13,17,19-20,22H2,1-8H3,(H,42,50)(H,48,49)/t28-,29-/m0/s1. The number of nitrogens with one attached hydrogen (secondary N) is 2. The van der Waals surface area contributed by atoms with Crippen LogP contribution in [0, 0.1) is 5.41 Å². The number of nitrogens with zero attached hydrogens (tertiary/aromatic N) is 4. The molecule has 1 aliphatic rings. The number of aliphatic carboxylic acids is 1. The van der Waals surface area contributed by atoms with Crippen LogP contribution in [0.2, 0.25) is 0 Å². The van der Waals surface area contributed by atoms with Gasteiger partial charge in [0.2, 0.25) is 0 Å². The fourth-order valence-corrected chi connectivity index (χ4v) is 6.68. The van der Waals surface area contributed by atoms with Crippen LogP contribution in [-0.4, -0.2) is 78.6 Å². The van der Waals surface area contributed by atoms with Crippen molar-refractivity contribution in [3.05, 3.63) is 59.9 Å². The lowest BCUT2D eigenvalue weighted by Crippen LogP contribution is -2.60. The number of hydrogen-bond acceptors (Lipinski definition) is 9. The van der Waals surface area contributed by atoms with Crippen LogP contribution in [0.15, 0.2) is 47.1 Å². The number of benzene rings is 1. The number of hydrogen-bond donors (Lipinski definition) is 4. The lowest BCUT2D eigenvalue weighted by molar-refractivity contribution is -0.147. The largest absolute Gasteiger partial charge is 0.480 e. The fourth-order valence-electron chi connectivity index (χ4n) is 6.68. The minimum Gasteiger partial charge on any atom is -0.480 e. The summed E-state index contributed by atoms with van der Waals surface area (Å²) < 4.78 is 14.0. The lowest BCUT2D eigenvalue weighted by Gasteiger charge is -2.34. The zero-order valence-corrected chi connectivity index (χ0v) is 31.4. The van der Waals surface area contributed by atoms with E-state index in [9.17, 15) is 24.6 Å². The van der Waals surface area contributed by atoms with Gasteiger partial charge in [0.1, 0.15) is 17.7 Å². The molecule has 1 saturated heterocycles. The lowest BCUT2D eigenvalue weighted by atomic mass is 9.84. The Morgan fingerprint density at radius 3 is 2.54 bits per heavy atom. The molecule has 0 aliphatic carbocycles. The molecule has 4 heterocycles. The van der Waals surface area contributed by atoms with Gasteiger partial charge in [-0.1, -0.05) is 27.7 Å². The van der Waals surface area contributed by atoms with Crippen molar-refractivity contribution in [2.45, 2.75) is 111 Å². The molecule has 1 aliphatic heterocycles. The zero-order valence-electron chi connectivity index (χ0n) is 31.4. The molecule has 0 unspecified atom stereocenters. The maximum atomic E-state index is 13.7. The molecule has 5 rings (SSSR count). The number of amides is 2. The van der Waals surface area contributed by atoms with Gasteiger partial charge in [-0.05, 0) is 94.2 Å². The summed E-state index contributed by atoms with van der Waals surface area (Å²) in [5, 5.41) is 24.8. The van der Waals surface area contributed by atoms with Crippen LogP contribution in [0.4, 0.5) is 4.79 Å². The molecular formula is C39H52N6O7. The Hall–Kier alpha value is -4.75. The third-order valence-corrected chi connectivity index (χ3v) is 9.16. The molecule has 13 heteroatoms. The Kier molecular flexibility index (Phi) is 11.4. The van der Waals surface area contributed by atoms with Crippen molar-refractivity contribution in [2.75, 3.05) is 13.2 Å². The molecule has 52 heavy (non-hydrogen) atoms. The van der Waals surface area contributed by atoms with Gasteiger partial charge in [0.15, 0.2) is 11.7 Å². The molecule has 4 N–H and O–H groups in total. The first-order valence-corrected chi connectivity index (χ1v) is 18.0. The first-order valence-electron chi connectivity index (χ1n) is 18.0. The first kappa shape index (κ1) is 38.5. The molecule has 13 nitrogen and oxygen atoms in total. The number of oxazole rings is 1. The van der Waals surface area contributed by atoms with Crippen molar-refractivity contribution in [2.24, 2.45) is 5.41 Å². The van der Waals surface area contributed by atoms with E-state index in [-0.39, 0.29) is 31.4 Å². The molecule has 4 aromatic rings. The van der Waals surface area contributed by atoms with Gasteiger partial charge in [-0.3, -0.25) is 19.6 Å². The van der Waals surface area contributed by atoms with Crippen molar-refractivity contribution >= 4 is 28.9 Å². The molecular weight excluding hydrogens is 664 g/mol. The number of aliphatic hydroxyl groups excluding tert-OH is 1. The third kappa shape index (κ3) is 8.64. The van der Waals surface area contributed by atoms with Crippen LogP contribution in [0.5, 0.6) is 0 Å². The normalized spacial score (nSPS) is 16.0. The summed E-state index contributed by atoms with van der Waals surface area (Å²) in [4.78, 5) is 47.5. The van der Waals surface area contributed by atoms with E-state index in [4.69, 9.17) is 14.1 Å². The average Bonchev–Trinajstić information content (AvgIpc) is 3.68. The molecule has 0 saturated carbocycles. The highest BCUT2D eigenvalue weighted by atomic mass is 16.6. The maximum absolute atomic E-state index is 13.7. The number of alkyl carbamates (subject to hydrolysis) is 1. The van der Waals surface area contributed by atoms with Gasteiger partial charge in [0, 0.05) is 47.9 Å². The van der Waals surface area contributed by atoms with Crippen molar-refractivity contribution in [1.82, 2.24) is 30.3 Å². The third-order valence-electron chi connectivity index (χ3n) is 9.16. The average molecular weight is 717 g/mol. The molecule has 2 amide bonds. The summed E-state index contributed by atoms with van der Waals surface area (Å²) in [6.45, 7) is 16.7. The number of carbonyl (C=O) groups excluding carboxylic acids is 2. The number of carboxylic acid groups (broad SMARTS) is 1. The highest BCUT2D eigenvalue weighted by Gasteiger charge is 2.34. The summed E-state index contributed by atoms with van der Waals surface area (Å²) >= 11 is 0. The fraction of sp³-hybridized carbons (Fsp3) is 0.513. The van der Waals surface area contributed by atoms with E-state index in [1.54, 1.807) is 27.0 Å². The highest BCUT2D eigenvalue weighted by Crippen LogP contribution is 2.41. The summed E-state index contributed by atoms with van der Waals surface area (Å²) in [6, 6.07) is 8.13. The van der Waals surface area contributed by atoms with Gasteiger partial charge >= 0.3 is 12.1 Å². The smallest absolute Gasteiger partial charge is 0.408 e. The van der Waals surface area contributed by atoms with Crippen LogP contribution in [0.3, 0.4) is 0 Å². The van der Waals surface area contributed by atoms with Crippen LogP contribution >= 0.6 is 0 Å². The van der Waals surface area contributed by atoms with Crippen LogP contribution in [0.25, 0.3) is 33.5 Å². The number of fused-ring (bicyclic) bond motifs is 1. The monoisotopic (exact) mass is 716 g/mol. The second-order valence-electron chi connectivity index (χ2n) is 15.6. The molecule has 3 aromatic heterocycles. The number of pyridine rings is 1. The number of carbonyl (C=O) groups is 3. The number of ether oxygens (including phenoxy) is 1.